The minimum Gasteiger partial charge on any atom is -0.326 e. The van der Waals surface area contributed by atoms with Crippen LogP contribution in [0.15, 0.2) is 16.9 Å². The molecule has 0 bridgehead atoms. The van der Waals surface area contributed by atoms with E-state index in [1.165, 1.54) is 12.1 Å². The van der Waals surface area contributed by atoms with Crippen LogP contribution in [0.1, 0.15) is 16.1 Å². The van der Waals surface area contributed by atoms with Crippen molar-refractivity contribution in [1.29, 1.82) is 0 Å². The molecule has 58 valence electrons. The van der Waals surface area contributed by atoms with Gasteiger partial charge in [-0.25, -0.2) is 0 Å². The zero-order chi connectivity index (χ0) is 8.43. The molecule has 0 saturated heterocycles. The Morgan fingerprint density at radius 2 is 2.18 bits per heavy atom. The first-order chi connectivity index (χ1) is 5.11. The molecule has 0 unspecified atom stereocenters. The number of aromatic amines is 1. The molecular formula is C7H6ClNO2. The standard InChI is InChI=1S/C7H6ClNO2/c1-4-5(7(8)11)2-3-6(10)9-4/h2-3H,1H3,(H,9,10). The molecule has 0 saturated carbocycles. The summed E-state index contributed by atoms with van der Waals surface area (Å²) in [5.74, 6) is 0. The van der Waals surface area contributed by atoms with Crippen molar-refractivity contribution in [2.75, 3.05) is 0 Å². The van der Waals surface area contributed by atoms with Gasteiger partial charge in [-0.2, -0.15) is 0 Å². The molecule has 1 aromatic rings. The van der Waals surface area contributed by atoms with Crippen LogP contribution in [-0.4, -0.2) is 10.2 Å². The van der Waals surface area contributed by atoms with Crippen LogP contribution in [0.3, 0.4) is 0 Å². The van der Waals surface area contributed by atoms with Crippen molar-refractivity contribution in [3.05, 3.63) is 33.7 Å². The highest BCUT2D eigenvalue weighted by molar-refractivity contribution is 6.67. The molecule has 0 fully saturated rings. The molecule has 0 aliphatic carbocycles. The van der Waals surface area contributed by atoms with E-state index in [4.69, 9.17) is 11.6 Å². The van der Waals surface area contributed by atoms with Crippen molar-refractivity contribution in [3.8, 4) is 0 Å². The van der Waals surface area contributed by atoms with Crippen LogP contribution in [-0.2, 0) is 0 Å². The highest BCUT2D eigenvalue weighted by Gasteiger charge is 2.04. The molecule has 0 amide bonds. The van der Waals surface area contributed by atoms with E-state index in [0.717, 1.165) is 0 Å². The summed E-state index contributed by atoms with van der Waals surface area (Å²) in [6, 6.07) is 2.67. The summed E-state index contributed by atoms with van der Waals surface area (Å²) in [4.78, 5) is 23.7. The molecule has 0 aliphatic rings. The maximum Gasteiger partial charge on any atom is 0.254 e. The predicted octanol–water partition coefficient (Wildman–Crippen LogP) is 1.06. The Morgan fingerprint density at radius 1 is 1.55 bits per heavy atom. The maximum absolute atomic E-state index is 10.7. The summed E-state index contributed by atoms with van der Waals surface area (Å²) in [5, 5.41) is -0.557. The highest BCUT2D eigenvalue weighted by atomic mass is 35.5. The Balaban J connectivity index is 3.31. The Bertz CT molecular complexity index is 343. The first-order valence-corrected chi connectivity index (χ1v) is 3.39. The number of pyridine rings is 1. The fourth-order valence-electron chi connectivity index (χ4n) is 0.791. The van der Waals surface area contributed by atoms with Gasteiger partial charge < -0.3 is 4.98 Å². The second-order valence-corrected chi connectivity index (χ2v) is 2.48. The molecule has 1 N–H and O–H groups in total. The Morgan fingerprint density at radius 3 is 2.64 bits per heavy atom. The quantitative estimate of drug-likeness (QED) is 0.643. The van der Waals surface area contributed by atoms with Crippen LogP contribution in [0, 0.1) is 6.92 Å². The average molecular weight is 172 g/mol. The molecule has 0 aliphatic heterocycles. The van der Waals surface area contributed by atoms with Gasteiger partial charge in [0, 0.05) is 11.8 Å². The maximum atomic E-state index is 10.7. The fraction of sp³-hybridized carbons (Fsp3) is 0.143. The lowest BCUT2D eigenvalue weighted by Crippen LogP contribution is -2.08. The number of H-pyrrole nitrogens is 1. The van der Waals surface area contributed by atoms with Gasteiger partial charge in [0.05, 0.1) is 5.56 Å². The topological polar surface area (TPSA) is 49.9 Å². The molecule has 1 aromatic heterocycles. The van der Waals surface area contributed by atoms with Crippen LogP contribution in [0.5, 0.6) is 0 Å². The van der Waals surface area contributed by atoms with Gasteiger partial charge in [0.2, 0.25) is 5.56 Å². The third kappa shape index (κ3) is 1.68. The lowest BCUT2D eigenvalue weighted by Gasteiger charge is -1.96. The molecule has 0 aromatic carbocycles. The number of aryl methyl sites for hydroxylation is 1. The normalized spacial score (nSPS) is 9.64. The van der Waals surface area contributed by atoms with E-state index >= 15 is 0 Å². The molecule has 11 heavy (non-hydrogen) atoms. The molecule has 0 spiro atoms. The predicted molar refractivity (Wildman–Crippen MR) is 42.0 cm³/mol. The number of hydrogen-bond donors (Lipinski definition) is 1. The third-order valence-corrected chi connectivity index (χ3v) is 1.53. The first-order valence-electron chi connectivity index (χ1n) is 3.01. The van der Waals surface area contributed by atoms with Crippen molar-refractivity contribution in [2.45, 2.75) is 6.92 Å². The van der Waals surface area contributed by atoms with Crippen molar-refractivity contribution in [2.24, 2.45) is 0 Å². The van der Waals surface area contributed by atoms with Crippen LogP contribution in [0.2, 0.25) is 0 Å². The number of carbonyl (C=O) groups is 1. The lowest BCUT2D eigenvalue weighted by atomic mass is 10.2. The van der Waals surface area contributed by atoms with E-state index in [1.807, 2.05) is 0 Å². The van der Waals surface area contributed by atoms with Gasteiger partial charge in [-0.1, -0.05) is 0 Å². The van der Waals surface area contributed by atoms with E-state index in [9.17, 15) is 9.59 Å². The van der Waals surface area contributed by atoms with Gasteiger partial charge in [-0.15, -0.1) is 0 Å². The second-order valence-electron chi connectivity index (χ2n) is 2.13. The van der Waals surface area contributed by atoms with Crippen LogP contribution in [0.25, 0.3) is 0 Å². The van der Waals surface area contributed by atoms with Gasteiger partial charge in [-0.3, -0.25) is 9.59 Å². The number of hydrogen-bond acceptors (Lipinski definition) is 2. The van der Waals surface area contributed by atoms with E-state index in [0.29, 0.717) is 11.3 Å². The Kier molecular flexibility index (Phi) is 2.10. The summed E-state index contributed by atoms with van der Waals surface area (Å²) in [6.07, 6.45) is 0. The summed E-state index contributed by atoms with van der Waals surface area (Å²) in [7, 11) is 0. The number of nitrogens with one attached hydrogen (secondary N) is 1. The monoisotopic (exact) mass is 171 g/mol. The van der Waals surface area contributed by atoms with Crippen molar-refractivity contribution >= 4 is 16.8 Å². The zero-order valence-electron chi connectivity index (χ0n) is 5.85. The van der Waals surface area contributed by atoms with Gasteiger partial charge in [0.15, 0.2) is 0 Å². The van der Waals surface area contributed by atoms with Crippen molar-refractivity contribution in [3.63, 3.8) is 0 Å². The third-order valence-electron chi connectivity index (χ3n) is 1.33. The molecule has 4 heteroatoms. The summed E-state index contributed by atoms with van der Waals surface area (Å²) in [5.41, 5.74) is 0.605. The van der Waals surface area contributed by atoms with Gasteiger partial charge in [0.25, 0.3) is 5.24 Å². The fourth-order valence-corrected chi connectivity index (χ4v) is 0.995. The number of aromatic nitrogens is 1. The molecule has 1 rings (SSSR count). The summed E-state index contributed by atoms with van der Waals surface area (Å²) in [6.45, 7) is 1.62. The smallest absolute Gasteiger partial charge is 0.254 e. The molecular weight excluding hydrogens is 166 g/mol. The minimum atomic E-state index is -0.557. The summed E-state index contributed by atoms with van der Waals surface area (Å²) >= 11 is 5.20. The van der Waals surface area contributed by atoms with Crippen LogP contribution < -0.4 is 5.56 Å². The lowest BCUT2D eigenvalue weighted by molar-refractivity contribution is 0.108. The first kappa shape index (κ1) is 8.01. The van der Waals surface area contributed by atoms with E-state index in [-0.39, 0.29) is 5.56 Å². The zero-order valence-corrected chi connectivity index (χ0v) is 6.61. The van der Waals surface area contributed by atoms with Crippen LogP contribution >= 0.6 is 11.6 Å². The van der Waals surface area contributed by atoms with Crippen molar-refractivity contribution in [1.82, 2.24) is 4.98 Å². The molecule has 0 atom stereocenters. The number of carbonyl (C=O) groups excluding carboxylic acids is 1. The minimum absolute atomic E-state index is 0.232. The van der Waals surface area contributed by atoms with E-state index in [2.05, 4.69) is 4.98 Å². The van der Waals surface area contributed by atoms with Crippen molar-refractivity contribution < 1.29 is 4.79 Å². The molecule has 1 heterocycles. The summed E-state index contributed by atoms with van der Waals surface area (Å²) < 4.78 is 0. The Labute approximate surface area is 68.0 Å². The Hall–Kier alpha value is -1.09. The van der Waals surface area contributed by atoms with E-state index < -0.39 is 5.24 Å². The average Bonchev–Trinajstić information content (AvgIpc) is 1.85. The molecule has 0 radical (unpaired) electrons. The largest absolute Gasteiger partial charge is 0.326 e. The van der Waals surface area contributed by atoms with E-state index in [1.54, 1.807) is 6.92 Å². The highest BCUT2D eigenvalue weighted by Crippen LogP contribution is 2.04. The second kappa shape index (κ2) is 2.88. The number of halogens is 1. The number of rotatable bonds is 1. The SMILES string of the molecule is Cc1[nH]c(=O)ccc1C(=O)Cl. The van der Waals surface area contributed by atoms with Gasteiger partial charge >= 0.3 is 0 Å². The molecule has 3 nitrogen and oxygen atoms in total. The van der Waals surface area contributed by atoms with Crippen LogP contribution in [0.4, 0.5) is 0 Å². The van der Waals surface area contributed by atoms with Gasteiger partial charge in [-0.05, 0) is 24.6 Å². The van der Waals surface area contributed by atoms with Gasteiger partial charge in [0.1, 0.15) is 0 Å².